The van der Waals surface area contributed by atoms with E-state index in [0.29, 0.717) is 17.4 Å². The van der Waals surface area contributed by atoms with Crippen molar-refractivity contribution in [3.63, 3.8) is 0 Å². The molecule has 3 aromatic rings. The molecule has 7 heteroatoms. The van der Waals surface area contributed by atoms with Crippen LogP contribution in [0.3, 0.4) is 0 Å². The lowest BCUT2D eigenvalue weighted by Crippen LogP contribution is -2.26. The molecule has 0 aliphatic carbocycles. The Labute approximate surface area is 156 Å². The number of anilines is 1. The summed E-state index contributed by atoms with van der Waals surface area (Å²) in [5.74, 6) is 0. The number of hydrogen-bond donors (Lipinski definition) is 2. The standard InChI is InChI=1S/C18H20BrN3O2S/c1-22(2)14-7-8-16(19)18(11-14)25(23,24)21-10-9-13-12-20-17-6-4-3-5-15(13)17/h3-8,11-12,20-21H,9-10H2,1-2H3. The van der Waals surface area contributed by atoms with E-state index in [4.69, 9.17) is 0 Å². The summed E-state index contributed by atoms with van der Waals surface area (Å²) < 4.78 is 28.6. The second-order valence-electron chi connectivity index (χ2n) is 6.02. The van der Waals surface area contributed by atoms with Crippen LogP contribution < -0.4 is 9.62 Å². The summed E-state index contributed by atoms with van der Waals surface area (Å²) in [5, 5.41) is 1.12. The summed E-state index contributed by atoms with van der Waals surface area (Å²) in [5.41, 5.74) is 2.99. The number of nitrogens with one attached hydrogen (secondary N) is 2. The van der Waals surface area contributed by atoms with Gasteiger partial charge in [-0.25, -0.2) is 13.1 Å². The van der Waals surface area contributed by atoms with Crippen molar-refractivity contribution in [3.05, 3.63) is 58.7 Å². The van der Waals surface area contributed by atoms with Crippen molar-refractivity contribution in [3.8, 4) is 0 Å². The Morgan fingerprint density at radius 2 is 1.92 bits per heavy atom. The first-order chi connectivity index (χ1) is 11.9. The fourth-order valence-corrected chi connectivity index (χ4v) is 4.73. The van der Waals surface area contributed by atoms with E-state index in [1.54, 1.807) is 12.1 Å². The number of halogens is 1. The molecule has 3 rings (SSSR count). The number of rotatable bonds is 6. The maximum Gasteiger partial charge on any atom is 0.241 e. The fraction of sp³-hybridized carbons (Fsp3) is 0.222. The highest BCUT2D eigenvalue weighted by molar-refractivity contribution is 9.10. The highest BCUT2D eigenvalue weighted by atomic mass is 79.9. The first-order valence-electron chi connectivity index (χ1n) is 7.90. The number of para-hydroxylation sites is 1. The van der Waals surface area contributed by atoms with Gasteiger partial charge in [0, 0.05) is 47.9 Å². The molecule has 0 atom stereocenters. The van der Waals surface area contributed by atoms with Crippen LogP contribution in [0.4, 0.5) is 5.69 Å². The van der Waals surface area contributed by atoms with Gasteiger partial charge in [-0.05, 0) is 52.2 Å². The van der Waals surface area contributed by atoms with Crippen molar-refractivity contribution >= 4 is 42.5 Å². The third-order valence-electron chi connectivity index (χ3n) is 4.08. The van der Waals surface area contributed by atoms with Crippen LogP contribution >= 0.6 is 15.9 Å². The highest BCUT2D eigenvalue weighted by Gasteiger charge is 2.18. The fourth-order valence-electron chi connectivity index (χ4n) is 2.71. The number of H-pyrrole nitrogens is 1. The smallest absolute Gasteiger partial charge is 0.241 e. The van der Waals surface area contributed by atoms with Crippen LogP contribution in [-0.4, -0.2) is 34.0 Å². The van der Waals surface area contributed by atoms with Gasteiger partial charge in [0.15, 0.2) is 0 Å². The molecule has 2 aromatic carbocycles. The first kappa shape index (κ1) is 18.0. The minimum absolute atomic E-state index is 0.248. The van der Waals surface area contributed by atoms with Crippen LogP contribution in [0.5, 0.6) is 0 Å². The molecule has 0 saturated carbocycles. The normalized spacial score (nSPS) is 11.8. The molecule has 132 valence electrons. The lowest BCUT2D eigenvalue weighted by molar-refractivity contribution is 0.581. The number of benzene rings is 2. The molecule has 0 bridgehead atoms. The van der Waals surface area contributed by atoms with Crippen molar-refractivity contribution in [2.24, 2.45) is 0 Å². The molecule has 0 aliphatic heterocycles. The zero-order valence-electron chi connectivity index (χ0n) is 14.1. The molecule has 1 heterocycles. The van der Waals surface area contributed by atoms with Crippen molar-refractivity contribution in [1.82, 2.24) is 9.71 Å². The Morgan fingerprint density at radius 3 is 2.68 bits per heavy atom. The van der Waals surface area contributed by atoms with E-state index in [-0.39, 0.29) is 4.90 Å². The highest BCUT2D eigenvalue weighted by Crippen LogP contribution is 2.26. The van der Waals surface area contributed by atoms with Gasteiger partial charge in [-0.3, -0.25) is 0 Å². The van der Waals surface area contributed by atoms with E-state index < -0.39 is 10.0 Å². The predicted molar refractivity (Wildman–Crippen MR) is 106 cm³/mol. The second kappa shape index (κ2) is 7.19. The van der Waals surface area contributed by atoms with Gasteiger partial charge in [-0.1, -0.05) is 18.2 Å². The largest absolute Gasteiger partial charge is 0.378 e. The Bertz CT molecular complexity index is 996. The molecule has 0 fully saturated rings. The van der Waals surface area contributed by atoms with Gasteiger partial charge in [0.2, 0.25) is 10.0 Å². The predicted octanol–water partition coefficient (Wildman–Crippen LogP) is 3.52. The van der Waals surface area contributed by atoms with Crippen molar-refractivity contribution < 1.29 is 8.42 Å². The van der Waals surface area contributed by atoms with Crippen molar-refractivity contribution in [2.75, 3.05) is 25.5 Å². The van der Waals surface area contributed by atoms with E-state index in [2.05, 4.69) is 25.6 Å². The minimum atomic E-state index is -3.59. The number of hydrogen-bond acceptors (Lipinski definition) is 3. The maximum atomic E-state index is 12.7. The van der Waals surface area contributed by atoms with Crippen LogP contribution in [0.25, 0.3) is 10.9 Å². The van der Waals surface area contributed by atoms with E-state index in [0.717, 1.165) is 22.2 Å². The summed E-state index contributed by atoms with van der Waals surface area (Å²) in [6, 6.07) is 13.3. The molecule has 0 aliphatic rings. The molecular weight excluding hydrogens is 402 g/mol. The topological polar surface area (TPSA) is 65.2 Å². The van der Waals surface area contributed by atoms with E-state index in [1.807, 2.05) is 55.5 Å². The monoisotopic (exact) mass is 421 g/mol. The van der Waals surface area contributed by atoms with Gasteiger partial charge in [0.1, 0.15) is 0 Å². The molecule has 0 amide bonds. The van der Waals surface area contributed by atoms with Crippen molar-refractivity contribution in [2.45, 2.75) is 11.3 Å². The van der Waals surface area contributed by atoms with Gasteiger partial charge in [-0.15, -0.1) is 0 Å². The lowest BCUT2D eigenvalue weighted by Gasteiger charge is -2.15. The van der Waals surface area contributed by atoms with Crippen LogP contribution in [0, 0.1) is 0 Å². The number of aromatic amines is 1. The van der Waals surface area contributed by atoms with E-state index in [1.165, 1.54) is 0 Å². The SMILES string of the molecule is CN(C)c1ccc(Br)c(S(=O)(=O)NCCc2c[nH]c3ccccc23)c1. The zero-order valence-corrected chi connectivity index (χ0v) is 16.5. The van der Waals surface area contributed by atoms with E-state index in [9.17, 15) is 8.42 Å². The molecule has 0 unspecified atom stereocenters. The van der Waals surface area contributed by atoms with Gasteiger partial charge in [-0.2, -0.15) is 0 Å². The average Bonchev–Trinajstić information content (AvgIpc) is 2.98. The summed E-state index contributed by atoms with van der Waals surface area (Å²) >= 11 is 3.34. The number of aromatic nitrogens is 1. The number of fused-ring (bicyclic) bond motifs is 1. The molecule has 1 aromatic heterocycles. The Balaban J connectivity index is 1.75. The molecule has 0 radical (unpaired) electrons. The van der Waals surface area contributed by atoms with Gasteiger partial charge >= 0.3 is 0 Å². The van der Waals surface area contributed by atoms with Crippen LogP contribution in [0.2, 0.25) is 0 Å². The van der Waals surface area contributed by atoms with Gasteiger partial charge in [0.05, 0.1) is 4.90 Å². The van der Waals surface area contributed by atoms with E-state index >= 15 is 0 Å². The Kier molecular flexibility index (Phi) is 5.17. The first-order valence-corrected chi connectivity index (χ1v) is 10.2. The quantitative estimate of drug-likeness (QED) is 0.639. The summed E-state index contributed by atoms with van der Waals surface area (Å²) in [6.07, 6.45) is 2.55. The molecule has 2 N–H and O–H groups in total. The number of sulfonamides is 1. The minimum Gasteiger partial charge on any atom is -0.378 e. The molecule has 0 spiro atoms. The van der Waals surface area contributed by atoms with Crippen LogP contribution in [0.15, 0.2) is 58.0 Å². The zero-order chi connectivity index (χ0) is 18.0. The van der Waals surface area contributed by atoms with Gasteiger partial charge < -0.3 is 9.88 Å². The molecule has 5 nitrogen and oxygen atoms in total. The molecular formula is C18H20BrN3O2S. The van der Waals surface area contributed by atoms with Crippen LogP contribution in [0.1, 0.15) is 5.56 Å². The maximum absolute atomic E-state index is 12.7. The summed E-state index contributed by atoms with van der Waals surface area (Å²) in [7, 11) is 0.171. The third-order valence-corrected chi connectivity index (χ3v) is 6.54. The average molecular weight is 422 g/mol. The van der Waals surface area contributed by atoms with Crippen molar-refractivity contribution in [1.29, 1.82) is 0 Å². The molecule has 0 saturated heterocycles. The Hall–Kier alpha value is -1.83. The Morgan fingerprint density at radius 1 is 1.16 bits per heavy atom. The third kappa shape index (κ3) is 3.89. The summed E-state index contributed by atoms with van der Waals surface area (Å²) in [4.78, 5) is 5.33. The van der Waals surface area contributed by atoms with Crippen LogP contribution in [-0.2, 0) is 16.4 Å². The second-order valence-corrected chi connectivity index (χ2v) is 8.61. The molecule has 25 heavy (non-hydrogen) atoms. The summed E-state index contributed by atoms with van der Waals surface area (Å²) in [6.45, 7) is 0.336. The number of nitrogens with zero attached hydrogens (tertiary/aromatic N) is 1. The van der Waals surface area contributed by atoms with Gasteiger partial charge in [0.25, 0.3) is 0 Å². The lowest BCUT2D eigenvalue weighted by atomic mass is 10.1.